The van der Waals surface area contributed by atoms with Crippen LogP contribution in [0.15, 0.2) is 47.4 Å². The molecule has 8 nitrogen and oxygen atoms in total. The first-order valence-electron chi connectivity index (χ1n) is 10.0. The molecule has 0 bridgehead atoms. The topological polar surface area (TPSA) is 80.3 Å². The molecule has 0 saturated carbocycles. The fourth-order valence-corrected chi connectivity index (χ4v) is 4.54. The molecule has 1 amide bonds. The molecular formula is C21H24N6O2. The Morgan fingerprint density at radius 3 is 2.76 bits per heavy atom. The zero-order valence-corrected chi connectivity index (χ0v) is 16.5. The number of rotatable bonds is 4. The Morgan fingerprint density at radius 2 is 2.03 bits per heavy atom. The first-order valence-corrected chi connectivity index (χ1v) is 10.0. The molecule has 2 aliphatic rings. The van der Waals surface area contributed by atoms with Crippen LogP contribution in [0.1, 0.15) is 36.3 Å². The minimum absolute atomic E-state index is 0.124. The van der Waals surface area contributed by atoms with E-state index in [1.807, 2.05) is 31.3 Å². The number of pyridine rings is 1. The van der Waals surface area contributed by atoms with Gasteiger partial charge in [-0.25, -0.2) is 4.68 Å². The molecule has 150 valence electrons. The second-order valence-corrected chi connectivity index (χ2v) is 8.05. The van der Waals surface area contributed by atoms with Crippen LogP contribution in [0, 0.1) is 6.92 Å². The minimum atomic E-state index is -0.238. The molecule has 2 aliphatic heterocycles. The van der Waals surface area contributed by atoms with Crippen molar-refractivity contribution in [2.45, 2.75) is 44.8 Å². The smallest absolute Gasteiger partial charge is 0.230 e. The standard InChI is InChI=1S/C21H24N6O2/c1-16-11-18(24-29-16)15-26-19-4-8-23-27(19)21(12-20(26)28)5-9-25(10-6-21)14-17-3-2-7-22-13-17/h2-4,7-8,11,13H,5-6,9-10,12,14-15H2,1H3. The molecule has 1 spiro atoms. The van der Waals surface area contributed by atoms with Crippen LogP contribution in [0.5, 0.6) is 0 Å². The summed E-state index contributed by atoms with van der Waals surface area (Å²) in [5, 5.41) is 8.67. The predicted molar refractivity (Wildman–Crippen MR) is 106 cm³/mol. The summed E-state index contributed by atoms with van der Waals surface area (Å²) >= 11 is 0. The Balaban J connectivity index is 1.34. The van der Waals surface area contributed by atoms with Crippen LogP contribution in [0.25, 0.3) is 0 Å². The highest BCUT2D eigenvalue weighted by atomic mass is 16.5. The fourth-order valence-electron chi connectivity index (χ4n) is 4.54. The maximum absolute atomic E-state index is 13.1. The summed E-state index contributed by atoms with van der Waals surface area (Å²) in [6.45, 7) is 5.02. The molecular weight excluding hydrogens is 368 g/mol. The molecule has 0 aliphatic carbocycles. The van der Waals surface area contributed by atoms with Crippen molar-refractivity contribution < 1.29 is 9.32 Å². The number of amides is 1. The summed E-state index contributed by atoms with van der Waals surface area (Å²) in [5.41, 5.74) is 1.74. The molecule has 0 unspecified atom stereocenters. The van der Waals surface area contributed by atoms with Gasteiger partial charge in [-0.1, -0.05) is 11.2 Å². The Labute approximate surface area is 169 Å². The number of carbonyl (C=O) groups excluding carboxylic acids is 1. The van der Waals surface area contributed by atoms with Crippen molar-refractivity contribution in [2.75, 3.05) is 18.0 Å². The third-order valence-corrected chi connectivity index (χ3v) is 6.04. The van der Waals surface area contributed by atoms with Gasteiger partial charge in [0, 0.05) is 44.2 Å². The van der Waals surface area contributed by atoms with E-state index in [4.69, 9.17) is 4.52 Å². The lowest BCUT2D eigenvalue weighted by atomic mass is 9.82. The number of nitrogens with zero attached hydrogens (tertiary/aromatic N) is 6. The average molecular weight is 392 g/mol. The van der Waals surface area contributed by atoms with E-state index in [9.17, 15) is 4.79 Å². The van der Waals surface area contributed by atoms with Crippen LogP contribution in [0.3, 0.4) is 0 Å². The normalized spacial score (nSPS) is 18.9. The number of fused-ring (bicyclic) bond motifs is 2. The Hall–Kier alpha value is -3.00. The summed E-state index contributed by atoms with van der Waals surface area (Å²) in [5.74, 6) is 1.72. The second kappa shape index (κ2) is 7.11. The van der Waals surface area contributed by atoms with Crippen LogP contribution in [-0.2, 0) is 23.4 Å². The van der Waals surface area contributed by atoms with Crippen molar-refractivity contribution in [1.29, 1.82) is 0 Å². The highest BCUT2D eigenvalue weighted by Crippen LogP contribution is 2.41. The van der Waals surface area contributed by atoms with Crippen LogP contribution in [0.4, 0.5) is 5.82 Å². The quantitative estimate of drug-likeness (QED) is 0.679. The van der Waals surface area contributed by atoms with Gasteiger partial charge in [-0.3, -0.25) is 19.6 Å². The summed E-state index contributed by atoms with van der Waals surface area (Å²) < 4.78 is 7.23. The molecule has 3 aromatic rings. The SMILES string of the molecule is Cc1cc(CN2C(=O)CC3(CCN(Cc4cccnc4)CC3)n3nccc32)no1. The molecule has 5 rings (SSSR count). The zero-order valence-electron chi connectivity index (χ0n) is 16.5. The first-order chi connectivity index (χ1) is 14.1. The van der Waals surface area contributed by atoms with Crippen molar-refractivity contribution in [3.05, 3.63) is 59.9 Å². The predicted octanol–water partition coefficient (Wildman–Crippen LogP) is 2.50. The van der Waals surface area contributed by atoms with Crippen molar-refractivity contribution >= 4 is 11.7 Å². The highest BCUT2D eigenvalue weighted by Gasteiger charge is 2.45. The van der Waals surface area contributed by atoms with Gasteiger partial charge in [0.15, 0.2) is 0 Å². The number of likely N-dealkylation sites (tertiary alicyclic amines) is 1. The second-order valence-electron chi connectivity index (χ2n) is 8.05. The minimum Gasteiger partial charge on any atom is -0.361 e. The Morgan fingerprint density at radius 1 is 1.17 bits per heavy atom. The van der Waals surface area contributed by atoms with E-state index in [1.165, 1.54) is 5.56 Å². The van der Waals surface area contributed by atoms with Gasteiger partial charge in [-0.2, -0.15) is 5.10 Å². The number of hydrogen-bond donors (Lipinski definition) is 0. The van der Waals surface area contributed by atoms with Gasteiger partial charge in [-0.05, 0) is 31.4 Å². The lowest BCUT2D eigenvalue weighted by Gasteiger charge is -2.46. The lowest BCUT2D eigenvalue weighted by Crippen LogP contribution is -2.53. The van der Waals surface area contributed by atoms with E-state index in [-0.39, 0.29) is 11.4 Å². The lowest BCUT2D eigenvalue weighted by molar-refractivity contribution is -0.123. The molecule has 0 aromatic carbocycles. The van der Waals surface area contributed by atoms with Crippen molar-refractivity contribution in [3.8, 4) is 0 Å². The highest BCUT2D eigenvalue weighted by molar-refractivity contribution is 5.94. The number of anilines is 1. The summed E-state index contributed by atoms with van der Waals surface area (Å²) in [7, 11) is 0. The Bertz CT molecular complexity index is 1000. The van der Waals surface area contributed by atoms with Crippen molar-refractivity contribution in [1.82, 2.24) is 24.8 Å². The summed E-state index contributed by atoms with van der Waals surface area (Å²) in [4.78, 5) is 21.5. The average Bonchev–Trinajstić information content (AvgIpc) is 3.37. The third kappa shape index (κ3) is 3.33. The maximum atomic E-state index is 13.1. The molecule has 0 N–H and O–H groups in total. The van der Waals surface area contributed by atoms with Crippen LogP contribution in [-0.4, -0.2) is 43.8 Å². The molecule has 0 atom stereocenters. The molecule has 0 radical (unpaired) electrons. The molecule has 3 aromatic heterocycles. The molecule has 1 saturated heterocycles. The van der Waals surface area contributed by atoms with Crippen molar-refractivity contribution in [3.63, 3.8) is 0 Å². The number of aromatic nitrogens is 4. The number of hydrogen-bond acceptors (Lipinski definition) is 6. The number of aryl methyl sites for hydroxylation is 1. The number of carbonyl (C=O) groups is 1. The maximum Gasteiger partial charge on any atom is 0.230 e. The summed E-state index contributed by atoms with van der Waals surface area (Å²) in [6.07, 6.45) is 7.80. The van der Waals surface area contributed by atoms with E-state index in [1.54, 1.807) is 17.3 Å². The van der Waals surface area contributed by atoms with Gasteiger partial charge < -0.3 is 4.52 Å². The first kappa shape index (κ1) is 18.1. The molecule has 8 heteroatoms. The van der Waals surface area contributed by atoms with E-state index in [2.05, 4.69) is 30.9 Å². The van der Waals surface area contributed by atoms with Gasteiger partial charge in [-0.15, -0.1) is 0 Å². The van der Waals surface area contributed by atoms with Gasteiger partial charge in [0.2, 0.25) is 5.91 Å². The van der Waals surface area contributed by atoms with E-state index < -0.39 is 0 Å². The monoisotopic (exact) mass is 392 g/mol. The molecule has 29 heavy (non-hydrogen) atoms. The van der Waals surface area contributed by atoms with E-state index in [0.29, 0.717) is 13.0 Å². The summed E-state index contributed by atoms with van der Waals surface area (Å²) in [6, 6.07) is 7.88. The molecule has 1 fully saturated rings. The third-order valence-electron chi connectivity index (χ3n) is 6.04. The van der Waals surface area contributed by atoms with E-state index >= 15 is 0 Å². The fraction of sp³-hybridized carbons (Fsp3) is 0.429. The van der Waals surface area contributed by atoms with Gasteiger partial charge in [0.05, 0.1) is 24.7 Å². The molecule has 5 heterocycles. The van der Waals surface area contributed by atoms with Gasteiger partial charge >= 0.3 is 0 Å². The van der Waals surface area contributed by atoms with Crippen LogP contribution >= 0.6 is 0 Å². The largest absolute Gasteiger partial charge is 0.361 e. The van der Waals surface area contributed by atoms with Crippen molar-refractivity contribution in [2.24, 2.45) is 0 Å². The van der Waals surface area contributed by atoms with Crippen LogP contribution in [0.2, 0.25) is 0 Å². The van der Waals surface area contributed by atoms with Crippen LogP contribution < -0.4 is 4.90 Å². The van der Waals surface area contributed by atoms with Gasteiger partial charge in [0.1, 0.15) is 17.3 Å². The Kier molecular flexibility index (Phi) is 4.43. The van der Waals surface area contributed by atoms with Gasteiger partial charge in [0.25, 0.3) is 0 Å². The number of piperidine rings is 1. The van der Waals surface area contributed by atoms with E-state index in [0.717, 1.165) is 49.7 Å². The zero-order chi connectivity index (χ0) is 19.8.